The number of ether oxygens (including phenoxy) is 1. The molecule has 0 aliphatic rings. The Balaban J connectivity index is 2.04. The third-order valence-electron chi connectivity index (χ3n) is 3.88. The van der Waals surface area contributed by atoms with E-state index in [4.69, 9.17) is 13.6 Å². The zero-order chi connectivity index (χ0) is 17.5. The van der Waals surface area contributed by atoms with E-state index in [1.54, 1.807) is 18.4 Å². The van der Waals surface area contributed by atoms with Crippen LogP contribution in [0.1, 0.15) is 26.3 Å². The Hall–Kier alpha value is -2.60. The molecule has 0 aliphatic carbocycles. The number of carbonyl (C=O) groups excluding carboxylic acids is 1. The zero-order valence-corrected chi connectivity index (χ0v) is 13.7. The molecule has 126 valence electrons. The Bertz CT molecular complexity index is 957. The summed E-state index contributed by atoms with van der Waals surface area (Å²) < 4.78 is 15.8. The maximum Gasteiger partial charge on any atom is 0.339 e. The van der Waals surface area contributed by atoms with E-state index in [0.717, 1.165) is 10.8 Å². The van der Waals surface area contributed by atoms with Gasteiger partial charge in [-0.1, -0.05) is 0 Å². The fraction of sp³-hybridized carbons (Fsp3) is 0.333. The molecule has 2 aromatic heterocycles. The molecule has 0 radical (unpaired) electrons. The summed E-state index contributed by atoms with van der Waals surface area (Å²) in [5, 5.41) is 11.8. The highest BCUT2D eigenvalue weighted by Crippen LogP contribution is 2.24. The molecule has 0 spiro atoms. The largest absolute Gasteiger partial charge is 0.464 e. The minimum absolute atomic E-state index is 0.0603. The highest BCUT2D eigenvalue weighted by molar-refractivity contribution is 5.93. The first kappa shape index (κ1) is 16.3. The molecule has 0 fully saturated rings. The molecule has 1 atom stereocenters. The molecular formula is C18H18O6. The van der Waals surface area contributed by atoms with Crippen LogP contribution in [-0.4, -0.2) is 22.8 Å². The standard InChI is InChI=1S/C18H18O6/c1-10(19)23-16(18(2,3)21)8-13-7-12-6-11-4-5-22-14(11)9-15(12)24-17(13)20/h4-7,9,16,21H,8H2,1-3H3. The van der Waals surface area contributed by atoms with Crippen molar-refractivity contribution in [2.45, 2.75) is 38.9 Å². The second-order valence-electron chi connectivity index (χ2n) is 6.36. The smallest absolute Gasteiger partial charge is 0.339 e. The molecule has 0 bridgehead atoms. The van der Waals surface area contributed by atoms with Gasteiger partial charge < -0.3 is 18.7 Å². The van der Waals surface area contributed by atoms with Crippen molar-refractivity contribution < 1.29 is 23.5 Å². The van der Waals surface area contributed by atoms with Gasteiger partial charge in [-0.3, -0.25) is 4.79 Å². The highest BCUT2D eigenvalue weighted by Gasteiger charge is 2.31. The average molecular weight is 330 g/mol. The lowest BCUT2D eigenvalue weighted by Crippen LogP contribution is -2.41. The van der Waals surface area contributed by atoms with Crippen molar-refractivity contribution in [2.75, 3.05) is 0 Å². The fourth-order valence-electron chi connectivity index (χ4n) is 2.60. The van der Waals surface area contributed by atoms with E-state index >= 15 is 0 Å². The van der Waals surface area contributed by atoms with E-state index in [0.29, 0.717) is 16.7 Å². The number of hydrogen-bond donors (Lipinski definition) is 1. The van der Waals surface area contributed by atoms with E-state index in [1.165, 1.54) is 20.8 Å². The molecule has 0 saturated carbocycles. The van der Waals surface area contributed by atoms with Crippen molar-refractivity contribution in [3.63, 3.8) is 0 Å². The number of carbonyl (C=O) groups is 1. The van der Waals surface area contributed by atoms with Crippen molar-refractivity contribution in [1.82, 2.24) is 0 Å². The van der Waals surface area contributed by atoms with Gasteiger partial charge in [0.1, 0.15) is 17.3 Å². The van der Waals surface area contributed by atoms with Crippen LogP contribution in [0.25, 0.3) is 21.9 Å². The summed E-state index contributed by atoms with van der Waals surface area (Å²) >= 11 is 0. The van der Waals surface area contributed by atoms with Gasteiger partial charge in [-0.25, -0.2) is 4.79 Å². The quantitative estimate of drug-likeness (QED) is 0.584. The number of aliphatic hydroxyl groups is 1. The lowest BCUT2D eigenvalue weighted by molar-refractivity contribution is -0.159. The maximum absolute atomic E-state index is 12.2. The summed E-state index contributed by atoms with van der Waals surface area (Å²) in [7, 11) is 0. The van der Waals surface area contributed by atoms with Crippen molar-refractivity contribution in [3.05, 3.63) is 46.5 Å². The van der Waals surface area contributed by atoms with Gasteiger partial charge in [0.05, 0.1) is 11.9 Å². The third kappa shape index (κ3) is 3.19. The number of benzene rings is 1. The molecule has 2 heterocycles. The minimum atomic E-state index is -1.29. The molecule has 0 amide bonds. The van der Waals surface area contributed by atoms with Gasteiger partial charge in [-0.15, -0.1) is 0 Å². The van der Waals surface area contributed by atoms with Crippen molar-refractivity contribution in [1.29, 1.82) is 0 Å². The molecule has 0 saturated heterocycles. The zero-order valence-electron chi connectivity index (χ0n) is 13.7. The maximum atomic E-state index is 12.2. The summed E-state index contributed by atoms with van der Waals surface area (Å²) in [5.41, 5.74) is -0.443. The van der Waals surface area contributed by atoms with Gasteiger partial charge in [0.15, 0.2) is 0 Å². The van der Waals surface area contributed by atoms with Gasteiger partial charge >= 0.3 is 11.6 Å². The van der Waals surface area contributed by atoms with Crippen LogP contribution in [0.5, 0.6) is 0 Å². The minimum Gasteiger partial charge on any atom is -0.464 e. The Morgan fingerprint density at radius 3 is 2.67 bits per heavy atom. The predicted octanol–water partition coefficient (Wildman–Crippen LogP) is 2.78. The van der Waals surface area contributed by atoms with Gasteiger partial charge in [-0.05, 0) is 32.0 Å². The summed E-state index contributed by atoms with van der Waals surface area (Å²) in [6.07, 6.45) is 0.770. The molecule has 6 heteroatoms. The molecule has 3 rings (SSSR count). The van der Waals surface area contributed by atoms with E-state index in [9.17, 15) is 14.7 Å². The first-order valence-electron chi connectivity index (χ1n) is 7.57. The number of furan rings is 1. The molecule has 3 aromatic rings. The molecule has 0 aliphatic heterocycles. The van der Waals surface area contributed by atoms with Crippen molar-refractivity contribution in [2.24, 2.45) is 0 Å². The van der Waals surface area contributed by atoms with Crippen LogP contribution >= 0.6 is 0 Å². The summed E-state index contributed by atoms with van der Waals surface area (Å²) in [6, 6.07) is 7.02. The molecule has 1 unspecified atom stereocenters. The molecule has 1 N–H and O–H groups in total. The Morgan fingerprint density at radius 2 is 2.00 bits per heavy atom. The van der Waals surface area contributed by atoms with Crippen LogP contribution in [0.15, 0.2) is 44.2 Å². The Kier molecular flexibility index (Phi) is 3.93. The Labute approximate surface area is 137 Å². The average Bonchev–Trinajstić information content (AvgIpc) is 2.90. The molecule has 24 heavy (non-hydrogen) atoms. The van der Waals surface area contributed by atoms with Crippen LogP contribution < -0.4 is 5.63 Å². The fourth-order valence-corrected chi connectivity index (χ4v) is 2.60. The monoisotopic (exact) mass is 330 g/mol. The number of fused-ring (bicyclic) bond motifs is 2. The molecule has 1 aromatic carbocycles. The topological polar surface area (TPSA) is 89.9 Å². The first-order valence-corrected chi connectivity index (χ1v) is 7.57. The van der Waals surface area contributed by atoms with Crippen LogP contribution in [0.4, 0.5) is 0 Å². The van der Waals surface area contributed by atoms with Crippen LogP contribution in [-0.2, 0) is 16.0 Å². The summed E-state index contributed by atoms with van der Waals surface area (Å²) in [5.74, 6) is -0.521. The molecular weight excluding hydrogens is 312 g/mol. The summed E-state index contributed by atoms with van der Waals surface area (Å²) in [6.45, 7) is 4.31. The van der Waals surface area contributed by atoms with Crippen molar-refractivity contribution in [3.8, 4) is 0 Å². The normalized spacial score (nSPS) is 13.3. The van der Waals surface area contributed by atoms with Gasteiger partial charge in [0.2, 0.25) is 0 Å². The number of rotatable bonds is 4. The SMILES string of the molecule is CC(=O)OC(Cc1cc2cc3ccoc3cc2oc1=O)C(C)(C)O. The van der Waals surface area contributed by atoms with Crippen LogP contribution in [0, 0.1) is 0 Å². The van der Waals surface area contributed by atoms with Gasteiger partial charge in [-0.2, -0.15) is 0 Å². The number of esters is 1. The lowest BCUT2D eigenvalue weighted by Gasteiger charge is -2.28. The van der Waals surface area contributed by atoms with Crippen LogP contribution in [0.2, 0.25) is 0 Å². The van der Waals surface area contributed by atoms with Crippen molar-refractivity contribution >= 4 is 27.9 Å². The second-order valence-corrected chi connectivity index (χ2v) is 6.36. The predicted molar refractivity (Wildman–Crippen MR) is 87.8 cm³/mol. The van der Waals surface area contributed by atoms with Crippen LogP contribution in [0.3, 0.4) is 0 Å². The molecule has 6 nitrogen and oxygen atoms in total. The Morgan fingerprint density at radius 1 is 1.25 bits per heavy atom. The van der Waals surface area contributed by atoms with E-state index < -0.39 is 23.3 Å². The lowest BCUT2D eigenvalue weighted by atomic mass is 9.95. The van der Waals surface area contributed by atoms with Gasteiger partial charge in [0, 0.05) is 35.7 Å². The third-order valence-corrected chi connectivity index (χ3v) is 3.88. The summed E-state index contributed by atoms with van der Waals surface area (Å²) in [4.78, 5) is 23.5. The van der Waals surface area contributed by atoms with Gasteiger partial charge in [0.25, 0.3) is 0 Å². The first-order chi connectivity index (χ1) is 11.2. The van der Waals surface area contributed by atoms with E-state index in [1.807, 2.05) is 12.1 Å². The van der Waals surface area contributed by atoms with E-state index in [-0.39, 0.29) is 6.42 Å². The number of hydrogen-bond acceptors (Lipinski definition) is 6. The van der Waals surface area contributed by atoms with E-state index in [2.05, 4.69) is 0 Å². The highest BCUT2D eigenvalue weighted by atomic mass is 16.6. The second kappa shape index (κ2) is 5.79.